The van der Waals surface area contributed by atoms with Gasteiger partial charge in [-0.1, -0.05) is 35.0 Å². The van der Waals surface area contributed by atoms with Crippen LogP contribution in [0.25, 0.3) is 0 Å². The summed E-state index contributed by atoms with van der Waals surface area (Å²) in [6.07, 6.45) is 3.29. The monoisotopic (exact) mass is 204 g/mol. The molecule has 0 aliphatic carbocycles. The van der Waals surface area contributed by atoms with Crippen LogP contribution in [0.5, 0.6) is 5.95 Å². The lowest BCUT2D eigenvalue weighted by Crippen LogP contribution is -2.34. The van der Waals surface area contributed by atoms with Crippen molar-refractivity contribution in [2.24, 2.45) is 0 Å². The zero-order valence-corrected chi connectivity index (χ0v) is 8.30. The second-order valence-corrected chi connectivity index (χ2v) is 3.37. The summed E-state index contributed by atoms with van der Waals surface area (Å²) in [6.45, 7) is 0.709. The second kappa shape index (κ2) is 4.59. The van der Waals surface area contributed by atoms with Crippen molar-refractivity contribution in [3.05, 3.63) is 42.1 Å². The zero-order valence-electron chi connectivity index (χ0n) is 8.30. The molecule has 4 nitrogen and oxygen atoms in total. The molecule has 0 N–H and O–H groups in total. The number of rotatable bonds is 4. The van der Waals surface area contributed by atoms with Crippen LogP contribution in [0.1, 0.15) is 12.0 Å². The quantitative estimate of drug-likeness (QED) is 0.688. The molecule has 15 heavy (non-hydrogen) atoms. The zero-order chi connectivity index (χ0) is 10.5. The Labute approximate surface area is 87.7 Å². The fourth-order valence-electron chi connectivity index (χ4n) is 1.46. The number of hydrogen-bond donors (Lipinski definition) is 0. The van der Waals surface area contributed by atoms with E-state index < -0.39 is 5.95 Å². The molecule has 0 aliphatic rings. The van der Waals surface area contributed by atoms with Gasteiger partial charge in [0.25, 0.3) is 0 Å². The fourth-order valence-corrected chi connectivity index (χ4v) is 1.46. The molecular formula is C11H12N2O2. The Hall–Kier alpha value is -1.84. The molecule has 1 heterocycles. The molecule has 78 valence electrons. The summed E-state index contributed by atoms with van der Waals surface area (Å²) in [7, 11) is 0. The lowest BCUT2D eigenvalue weighted by molar-refractivity contribution is -0.762. The minimum atomic E-state index is -0.394. The molecule has 0 unspecified atom stereocenters. The summed E-state index contributed by atoms with van der Waals surface area (Å²) >= 11 is 0. The fraction of sp³-hybridized carbons (Fsp3) is 0.273. The molecule has 0 bridgehead atoms. The van der Waals surface area contributed by atoms with Crippen LogP contribution in [0.15, 0.2) is 41.1 Å². The summed E-state index contributed by atoms with van der Waals surface area (Å²) in [5.41, 5.74) is 1.30. The van der Waals surface area contributed by atoms with Gasteiger partial charge >= 0.3 is 0 Å². The van der Waals surface area contributed by atoms with Crippen molar-refractivity contribution >= 4 is 0 Å². The maximum Gasteiger partial charge on any atom is 0.221 e. The first-order valence-electron chi connectivity index (χ1n) is 4.92. The third kappa shape index (κ3) is 2.80. The SMILES string of the molecule is [O-]c1c[n+](CCCc2ccccc2)no1. The highest BCUT2D eigenvalue weighted by atomic mass is 16.6. The first-order chi connectivity index (χ1) is 7.34. The van der Waals surface area contributed by atoms with Gasteiger partial charge in [-0.3, -0.25) is 0 Å². The van der Waals surface area contributed by atoms with E-state index in [-0.39, 0.29) is 0 Å². The Balaban J connectivity index is 1.80. The lowest BCUT2D eigenvalue weighted by Gasteiger charge is -1.96. The highest BCUT2D eigenvalue weighted by molar-refractivity contribution is 5.14. The van der Waals surface area contributed by atoms with Crippen LogP contribution in [0.2, 0.25) is 0 Å². The van der Waals surface area contributed by atoms with E-state index in [1.165, 1.54) is 16.4 Å². The average molecular weight is 204 g/mol. The van der Waals surface area contributed by atoms with Crippen molar-refractivity contribution in [1.82, 2.24) is 5.27 Å². The second-order valence-electron chi connectivity index (χ2n) is 3.37. The maximum atomic E-state index is 10.7. The first kappa shape index (κ1) is 9.71. The third-order valence-corrected chi connectivity index (χ3v) is 2.19. The van der Waals surface area contributed by atoms with E-state index >= 15 is 0 Å². The molecule has 2 rings (SSSR count). The number of benzene rings is 1. The van der Waals surface area contributed by atoms with Gasteiger partial charge in [0.1, 0.15) is 5.95 Å². The van der Waals surface area contributed by atoms with E-state index in [0.29, 0.717) is 6.54 Å². The van der Waals surface area contributed by atoms with Gasteiger partial charge in [-0.15, -0.1) is 0 Å². The van der Waals surface area contributed by atoms with Crippen LogP contribution in [0.4, 0.5) is 0 Å². The van der Waals surface area contributed by atoms with E-state index in [4.69, 9.17) is 0 Å². The highest BCUT2D eigenvalue weighted by Crippen LogP contribution is 2.02. The van der Waals surface area contributed by atoms with E-state index in [1.54, 1.807) is 0 Å². The van der Waals surface area contributed by atoms with Gasteiger partial charge < -0.3 is 9.63 Å². The Bertz CT molecular complexity index is 412. The summed E-state index contributed by atoms with van der Waals surface area (Å²) in [4.78, 5) is 0. The molecule has 1 aromatic heterocycles. The summed E-state index contributed by atoms with van der Waals surface area (Å²) in [6, 6.07) is 10.2. The number of nitrogens with zero attached hydrogens (tertiary/aromatic N) is 2. The van der Waals surface area contributed by atoms with Crippen LogP contribution < -0.4 is 9.79 Å². The van der Waals surface area contributed by atoms with Crippen molar-refractivity contribution in [3.63, 3.8) is 0 Å². The van der Waals surface area contributed by atoms with E-state index in [1.807, 2.05) is 18.2 Å². The molecule has 0 radical (unpaired) electrons. The lowest BCUT2D eigenvalue weighted by atomic mass is 10.1. The predicted molar refractivity (Wildman–Crippen MR) is 50.9 cm³/mol. The van der Waals surface area contributed by atoms with Gasteiger partial charge in [0.05, 0.1) is 5.27 Å². The van der Waals surface area contributed by atoms with Crippen LogP contribution in [-0.2, 0) is 13.0 Å². The molecule has 0 fully saturated rings. The standard InChI is InChI=1S/C11H12N2O2/c14-11-9-13(12-15-11)8-4-7-10-5-2-1-3-6-10/h1-3,5-6,9H,4,7-8H2. The molecule has 4 heteroatoms. The Morgan fingerprint density at radius 3 is 2.73 bits per heavy atom. The molecule has 2 aromatic rings. The van der Waals surface area contributed by atoms with Gasteiger partial charge in [-0.25, -0.2) is 0 Å². The maximum absolute atomic E-state index is 10.7. The molecule has 0 saturated heterocycles. The third-order valence-electron chi connectivity index (χ3n) is 2.19. The van der Waals surface area contributed by atoms with Crippen molar-refractivity contribution < 1.29 is 14.3 Å². The van der Waals surface area contributed by atoms with Gasteiger partial charge in [0.2, 0.25) is 6.20 Å². The van der Waals surface area contributed by atoms with E-state index in [0.717, 1.165) is 12.8 Å². The Morgan fingerprint density at radius 1 is 1.27 bits per heavy atom. The van der Waals surface area contributed by atoms with Crippen molar-refractivity contribution in [2.75, 3.05) is 0 Å². The molecule has 0 aliphatic heterocycles. The first-order valence-corrected chi connectivity index (χ1v) is 4.92. The summed E-state index contributed by atoms with van der Waals surface area (Å²) in [5.74, 6) is -0.394. The number of hydrogen-bond acceptors (Lipinski definition) is 3. The average Bonchev–Trinajstić information content (AvgIpc) is 2.66. The van der Waals surface area contributed by atoms with Gasteiger partial charge in [0, 0.05) is 6.42 Å². The Morgan fingerprint density at radius 2 is 2.07 bits per heavy atom. The van der Waals surface area contributed by atoms with E-state index in [9.17, 15) is 5.11 Å². The van der Waals surface area contributed by atoms with Crippen LogP contribution in [0, 0.1) is 0 Å². The normalized spacial score (nSPS) is 10.4. The molecule has 1 aromatic carbocycles. The van der Waals surface area contributed by atoms with Crippen molar-refractivity contribution in [1.29, 1.82) is 0 Å². The van der Waals surface area contributed by atoms with Gasteiger partial charge in [-0.2, -0.15) is 0 Å². The topological polar surface area (TPSA) is 53.0 Å². The van der Waals surface area contributed by atoms with Crippen LogP contribution in [0.3, 0.4) is 0 Å². The molecule has 0 amide bonds. The minimum absolute atomic E-state index is 0.394. The molecule has 0 saturated carbocycles. The largest absolute Gasteiger partial charge is 0.539 e. The van der Waals surface area contributed by atoms with Crippen molar-refractivity contribution in [2.45, 2.75) is 19.4 Å². The summed E-state index contributed by atoms with van der Waals surface area (Å²) in [5, 5.41) is 14.2. The smallest absolute Gasteiger partial charge is 0.221 e. The number of aromatic nitrogens is 2. The van der Waals surface area contributed by atoms with E-state index in [2.05, 4.69) is 21.9 Å². The van der Waals surface area contributed by atoms with Crippen LogP contribution in [-0.4, -0.2) is 5.27 Å². The predicted octanol–water partition coefficient (Wildman–Crippen LogP) is 0.668. The molecular weight excluding hydrogens is 192 g/mol. The van der Waals surface area contributed by atoms with Gasteiger partial charge in [-0.05, 0) is 12.0 Å². The molecule has 0 spiro atoms. The minimum Gasteiger partial charge on any atom is -0.539 e. The number of aryl methyl sites for hydroxylation is 2. The highest BCUT2D eigenvalue weighted by Gasteiger charge is 2.02. The molecule has 0 atom stereocenters. The van der Waals surface area contributed by atoms with Crippen LogP contribution >= 0.6 is 0 Å². The Kier molecular flexibility index (Phi) is 2.97. The summed E-state index contributed by atoms with van der Waals surface area (Å²) < 4.78 is 5.96. The van der Waals surface area contributed by atoms with Gasteiger partial charge in [0.15, 0.2) is 6.54 Å². The van der Waals surface area contributed by atoms with Crippen molar-refractivity contribution in [3.8, 4) is 5.95 Å².